The third-order valence-electron chi connectivity index (χ3n) is 3.00. The number of aromatic nitrogens is 2. The Bertz CT molecular complexity index is 505. The topological polar surface area (TPSA) is 81.2 Å². The summed E-state index contributed by atoms with van der Waals surface area (Å²) in [5.74, 6) is 1.72. The number of nitrogens with zero attached hydrogens (tertiary/aromatic N) is 2. The summed E-state index contributed by atoms with van der Waals surface area (Å²) >= 11 is 0. The predicted octanol–water partition coefficient (Wildman–Crippen LogP) is 1.25. The molecule has 7 heteroatoms. The highest BCUT2D eigenvalue weighted by Crippen LogP contribution is 2.18. The van der Waals surface area contributed by atoms with Crippen LogP contribution in [0.15, 0.2) is 12.4 Å². The van der Waals surface area contributed by atoms with Crippen molar-refractivity contribution in [2.45, 2.75) is 32.2 Å². The maximum absolute atomic E-state index is 11.3. The van der Waals surface area contributed by atoms with Gasteiger partial charge in [0.1, 0.15) is 22.0 Å². The van der Waals surface area contributed by atoms with E-state index in [1.165, 1.54) is 6.33 Å². The van der Waals surface area contributed by atoms with Crippen LogP contribution in [0.5, 0.6) is 5.88 Å². The first-order valence-electron chi connectivity index (χ1n) is 6.51. The molecule has 0 aromatic carbocycles. The molecular formula is C12H19N3O3S. The van der Waals surface area contributed by atoms with Crippen LogP contribution >= 0.6 is 0 Å². The normalized spacial score (nSPS) is 19.0. The Hall–Kier alpha value is -1.37. The molecule has 1 aliphatic rings. The molecule has 19 heavy (non-hydrogen) atoms. The number of nitrogens with one attached hydrogen (secondary N) is 1. The average molecular weight is 285 g/mol. The zero-order valence-electron chi connectivity index (χ0n) is 11.0. The fourth-order valence-corrected chi connectivity index (χ4v) is 3.44. The quantitative estimate of drug-likeness (QED) is 0.877. The van der Waals surface area contributed by atoms with Crippen LogP contribution in [0.3, 0.4) is 0 Å². The van der Waals surface area contributed by atoms with Crippen LogP contribution < -0.4 is 10.1 Å². The van der Waals surface area contributed by atoms with Gasteiger partial charge in [0.15, 0.2) is 0 Å². The Morgan fingerprint density at radius 1 is 1.37 bits per heavy atom. The summed E-state index contributed by atoms with van der Waals surface area (Å²) < 4.78 is 28.1. The molecule has 0 amide bonds. The van der Waals surface area contributed by atoms with Gasteiger partial charge in [-0.1, -0.05) is 6.92 Å². The van der Waals surface area contributed by atoms with Crippen molar-refractivity contribution in [2.24, 2.45) is 0 Å². The van der Waals surface area contributed by atoms with Gasteiger partial charge in [-0.25, -0.2) is 18.4 Å². The van der Waals surface area contributed by atoms with E-state index in [0.29, 0.717) is 31.1 Å². The van der Waals surface area contributed by atoms with Gasteiger partial charge in [-0.2, -0.15) is 0 Å². The molecule has 2 rings (SSSR count). The predicted molar refractivity (Wildman–Crippen MR) is 73.1 cm³/mol. The average Bonchev–Trinajstić information content (AvgIpc) is 2.39. The van der Waals surface area contributed by atoms with E-state index in [-0.39, 0.29) is 17.5 Å². The molecule has 0 bridgehead atoms. The molecule has 2 heterocycles. The fourth-order valence-electron chi connectivity index (χ4n) is 1.95. The van der Waals surface area contributed by atoms with Gasteiger partial charge >= 0.3 is 0 Å². The first kappa shape index (κ1) is 14.0. The lowest BCUT2D eigenvalue weighted by Gasteiger charge is -2.23. The molecule has 6 nitrogen and oxygen atoms in total. The minimum atomic E-state index is -2.83. The summed E-state index contributed by atoms with van der Waals surface area (Å²) in [5, 5.41) is 3.24. The molecule has 0 spiro atoms. The van der Waals surface area contributed by atoms with E-state index in [9.17, 15) is 8.42 Å². The second-order valence-corrected chi connectivity index (χ2v) is 6.96. The van der Waals surface area contributed by atoms with E-state index >= 15 is 0 Å². The van der Waals surface area contributed by atoms with Crippen LogP contribution in [-0.4, -0.2) is 42.5 Å². The fraction of sp³-hybridized carbons (Fsp3) is 0.667. The lowest BCUT2D eigenvalue weighted by Crippen LogP contribution is -2.32. The molecule has 0 radical (unpaired) electrons. The van der Waals surface area contributed by atoms with E-state index in [2.05, 4.69) is 15.3 Å². The molecule has 0 unspecified atom stereocenters. The molecule has 0 atom stereocenters. The van der Waals surface area contributed by atoms with E-state index in [4.69, 9.17) is 4.74 Å². The van der Waals surface area contributed by atoms with E-state index in [1.807, 2.05) is 6.92 Å². The molecular weight excluding hydrogens is 266 g/mol. The Morgan fingerprint density at radius 3 is 2.79 bits per heavy atom. The molecule has 1 aliphatic heterocycles. The van der Waals surface area contributed by atoms with Crippen LogP contribution in [0.25, 0.3) is 0 Å². The van der Waals surface area contributed by atoms with Crippen LogP contribution in [0.1, 0.15) is 26.2 Å². The highest BCUT2D eigenvalue weighted by molar-refractivity contribution is 7.91. The number of hydrogen-bond acceptors (Lipinski definition) is 6. The summed E-state index contributed by atoms with van der Waals surface area (Å²) in [5.41, 5.74) is 0. The zero-order chi connectivity index (χ0) is 13.7. The third kappa shape index (κ3) is 4.34. The molecule has 1 fully saturated rings. The molecule has 1 saturated heterocycles. The summed E-state index contributed by atoms with van der Waals surface area (Å²) in [6, 6.07) is 1.90. The van der Waals surface area contributed by atoms with Crippen molar-refractivity contribution >= 4 is 15.7 Å². The van der Waals surface area contributed by atoms with Gasteiger partial charge in [-0.15, -0.1) is 0 Å². The van der Waals surface area contributed by atoms with Crippen molar-refractivity contribution in [2.75, 3.05) is 23.4 Å². The van der Waals surface area contributed by atoms with Gasteiger partial charge in [-0.3, -0.25) is 0 Å². The minimum absolute atomic E-state index is 0.150. The Kier molecular flexibility index (Phi) is 4.57. The van der Waals surface area contributed by atoms with Gasteiger partial charge in [0.05, 0.1) is 18.1 Å². The van der Waals surface area contributed by atoms with Crippen molar-refractivity contribution < 1.29 is 13.2 Å². The number of ether oxygens (including phenoxy) is 1. The van der Waals surface area contributed by atoms with E-state index < -0.39 is 9.84 Å². The van der Waals surface area contributed by atoms with Gasteiger partial charge in [0, 0.05) is 12.1 Å². The van der Waals surface area contributed by atoms with Crippen LogP contribution in [0, 0.1) is 0 Å². The number of sulfone groups is 1. The lowest BCUT2D eigenvalue weighted by atomic mass is 10.1. The van der Waals surface area contributed by atoms with Crippen molar-refractivity contribution in [3.63, 3.8) is 0 Å². The second-order valence-electron chi connectivity index (χ2n) is 4.66. The molecule has 1 aromatic rings. The summed E-state index contributed by atoms with van der Waals surface area (Å²) in [6.07, 6.45) is 3.62. The number of rotatable bonds is 5. The van der Waals surface area contributed by atoms with Gasteiger partial charge in [-0.05, 0) is 19.3 Å². The Morgan fingerprint density at radius 2 is 2.11 bits per heavy atom. The first-order chi connectivity index (χ1) is 9.09. The maximum atomic E-state index is 11.3. The summed E-state index contributed by atoms with van der Waals surface area (Å²) in [6.45, 7) is 2.65. The second kappa shape index (κ2) is 6.18. The monoisotopic (exact) mass is 285 g/mol. The van der Waals surface area contributed by atoms with E-state index in [0.717, 1.165) is 6.42 Å². The molecule has 1 aromatic heterocycles. The molecule has 1 N–H and O–H groups in total. The van der Waals surface area contributed by atoms with Crippen LogP contribution in [0.4, 0.5) is 5.82 Å². The third-order valence-corrected chi connectivity index (χ3v) is 4.72. The number of hydrogen-bond donors (Lipinski definition) is 1. The Balaban J connectivity index is 1.92. The van der Waals surface area contributed by atoms with Gasteiger partial charge < -0.3 is 10.1 Å². The molecule has 106 valence electrons. The Labute approximate surface area is 113 Å². The van der Waals surface area contributed by atoms with E-state index in [1.54, 1.807) is 6.07 Å². The zero-order valence-corrected chi connectivity index (χ0v) is 11.8. The van der Waals surface area contributed by atoms with Crippen molar-refractivity contribution in [3.05, 3.63) is 12.4 Å². The molecule has 0 aliphatic carbocycles. The van der Waals surface area contributed by atoms with Crippen LogP contribution in [-0.2, 0) is 9.84 Å². The SMILES string of the molecule is CCCOc1cc(NC2CCS(=O)(=O)CC2)ncn1. The van der Waals surface area contributed by atoms with Gasteiger partial charge in [0.25, 0.3) is 0 Å². The first-order valence-corrected chi connectivity index (χ1v) is 8.33. The summed E-state index contributed by atoms with van der Waals surface area (Å²) in [7, 11) is -2.83. The van der Waals surface area contributed by atoms with Crippen molar-refractivity contribution in [1.82, 2.24) is 9.97 Å². The number of anilines is 1. The largest absolute Gasteiger partial charge is 0.478 e. The van der Waals surface area contributed by atoms with Crippen molar-refractivity contribution in [3.8, 4) is 5.88 Å². The van der Waals surface area contributed by atoms with Gasteiger partial charge in [0.2, 0.25) is 5.88 Å². The summed E-state index contributed by atoms with van der Waals surface area (Å²) in [4.78, 5) is 8.15. The van der Waals surface area contributed by atoms with Crippen molar-refractivity contribution in [1.29, 1.82) is 0 Å². The minimum Gasteiger partial charge on any atom is -0.478 e. The maximum Gasteiger partial charge on any atom is 0.218 e. The highest BCUT2D eigenvalue weighted by Gasteiger charge is 2.23. The smallest absolute Gasteiger partial charge is 0.218 e. The lowest BCUT2D eigenvalue weighted by molar-refractivity contribution is 0.305. The highest BCUT2D eigenvalue weighted by atomic mass is 32.2. The van der Waals surface area contributed by atoms with Crippen LogP contribution in [0.2, 0.25) is 0 Å². The standard InChI is InChI=1S/C12H19N3O3S/c1-2-5-18-12-8-11(13-9-14-12)15-10-3-6-19(16,17)7-4-10/h8-10H,2-7H2,1H3,(H,13,14,15). The molecule has 0 saturated carbocycles.